The van der Waals surface area contributed by atoms with Gasteiger partial charge in [-0.05, 0) is 60.9 Å². The molecule has 6 nitrogen and oxygen atoms in total. The molecule has 0 aliphatic heterocycles. The van der Waals surface area contributed by atoms with Gasteiger partial charge in [0, 0.05) is 19.8 Å². The average molecular weight is 409 g/mol. The number of hydrogen-bond acceptors (Lipinski definition) is 5. The number of terminal acetylenes is 1. The summed E-state index contributed by atoms with van der Waals surface area (Å²) in [5.74, 6) is 2.53. The average Bonchev–Trinajstić information content (AvgIpc) is 3.01. The van der Waals surface area contributed by atoms with Crippen LogP contribution in [0.25, 0.3) is 16.6 Å². The van der Waals surface area contributed by atoms with Crippen molar-refractivity contribution in [3.05, 3.63) is 59.7 Å². The normalized spacial score (nSPS) is 12.3. The van der Waals surface area contributed by atoms with Crippen LogP contribution in [0.5, 0.6) is 0 Å². The number of anilines is 2. The number of nitrogen functional groups attached to an aromatic ring is 1. The van der Waals surface area contributed by atoms with E-state index in [1.165, 1.54) is 0 Å². The molecule has 3 rings (SSSR count). The molecule has 2 aromatic carbocycles. The maximum absolute atomic E-state index is 12.8. The van der Waals surface area contributed by atoms with E-state index < -0.39 is 15.3 Å². The minimum atomic E-state index is -3.66. The van der Waals surface area contributed by atoms with Crippen molar-refractivity contribution in [1.29, 1.82) is 0 Å². The van der Waals surface area contributed by atoms with Crippen molar-refractivity contribution in [3.8, 4) is 12.3 Å². The van der Waals surface area contributed by atoms with Gasteiger partial charge in [0.05, 0.1) is 16.3 Å². The first-order valence-corrected chi connectivity index (χ1v) is 10.6. The van der Waals surface area contributed by atoms with Gasteiger partial charge in [-0.15, -0.1) is 6.42 Å². The zero-order valence-electron chi connectivity index (χ0n) is 16.9. The molecule has 150 valence electrons. The predicted octanol–water partition coefficient (Wildman–Crippen LogP) is 3.34. The first kappa shape index (κ1) is 20.5. The molecule has 0 fully saturated rings. The first-order valence-electron chi connectivity index (χ1n) is 9.13. The van der Waals surface area contributed by atoms with Crippen LogP contribution in [0.2, 0.25) is 0 Å². The standard InChI is InChI=1S/C22H24N4O2S/c1-6-7-19(16-8-11-18(12-9-16)25(4)5)17-10-13-20-21(14-17)26(22(23)24-20)29(27,28)15(2)3/h1,7-15H,2-5H3,(H2,23,24)/b19-7+. The fourth-order valence-electron chi connectivity index (χ4n) is 3.07. The molecule has 0 radical (unpaired) electrons. The fraction of sp³-hybridized carbons (Fsp3) is 0.227. The predicted molar refractivity (Wildman–Crippen MR) is 120 cm³/mol. The second kappa shape index (κ2) is 7.64. The molecule has 2 N–H and O–H groups in total. The molecule has 0 saturated heterocycles. The molecule has 0 aliphatic rings. The number of benzene rings is 2. The maximum atomic E-state index is 12.8. The molecule has 0 amide bonds. The first-order chi connectivity index (χ1) is 13.7. The van der Waals surface area contributed by atoms with Crippen molar-refractivity contribution in [2.75, 3.05) is 24.7 Å². The van der Waals surface area contributed by atoms with Gasteiger partial charge in [-0.25, -0.2) is 17.4 Å². The zero-order valence-corrected chi connectivity index (χ0v) is 17.7. The van der Waals surface area contributed by atoms with Crippen molar-refractivity contribution in [2.45, 2.75) is 19.1 Å². The number of rotatable bonds is 5. The Bertz CT molecular complexity index is 1230. The minimum Gasteiger partial charge on any atom is -0.378 e. The summed E-state index contributed by atoms with van der Waals surface area (Å²) in [5, 5.41) is -0.634. The number of aromatic nitrogens is 2. The van der Waals surface area contributed by atoms with E-state index in [2.05, 4.69) is 10.9 Å². The van der Waals surface area contributed by atoms with Crippen LogP contribution in [0.3, 0.4) is 0 Å². The Labute approximate surface area is 171 Å². The Morgan fingerprint density at radius 2 is 1.79 bits per heavy atom. The van der Waals surface area contributed by atoms with Crippen molar-refractivity contribution < 1.29 is 8.42 Å². The highest BCUT2D eigenvalue weighted by Gasteiger charge is 2.24. The molecule has 0 spiro atoms. The van der Waals surface area contributed by atoms with Gasteiger partial charge in [-0.3, -0.25) is 0 Å². The van der Waals surface area contributed by atoms with Crippen LogP contribution < -0.4 is 10.6 Å². The van der Waals surface area contributed by atoms with Crippen LogP contribution in [0.15, 0.2) is 48.5 Å². The number of allylic oxidation sites excluding steroid dienone is 1. The van der Waals surface area contributed by atoms with E-state index in [0.29, 0.717) is 11.0 Å². The summed E-state index contributed by atoms with van der Waals surface area (Å²) in [6.07, 6.45) is 7.24. The lowest BCUT2D eigenvalue weighted by Crippen LogP contribution is -2.23. The summed E-state index contributed by atoms with van der Waals surface area (Å²) in [5.41, 5.74) is 10.5. The minimum absolute atomic E-state index is 0.0522. The van der Waals surface area contributed by atoms with Crippen molar-refractivity contribution in [3.63, 3.8) is 0 Å². The molecule has 1 heterocycles. The maximum Gasteiger partial charge on any atom is 0.244 e. The molecular formula is C22H24N4O2S. The largest absolute Gasteiger partial charge is 0.378 e. The summed E-state index contributed by atoms with van der Waals surface area (Å²) in [4.78, 5) is 6.22. The van der Waals surface area contributed by atoms with Crippen LogP contribution in [0, 0.1) is 12.3 Å². The summed E-state index contributed by atoms with van der Waals surface area (Å²) < 4.78 is 26.7. The van der Waals surface area contributed by atoms with Crippen LogP contribution in [-0.4, -0.2) is 36.7 Å². The van der Waals surface area contributed by atoms with Gasteiger partial charge >= 0.3 is 0 Å². The third-order valence-corrected chi connectivity index (χ3v) is 6.81. The van der Waals surface area contributed by atoms with Crippen LogP contribution in [-0.2, 0) is 10.0 Å². The quantitative estimate of drug-likeness (QED) is 0.655. The third-order valence-electron chi connectivity index (χ3n) is 4.72. The van der Waals surface area contributed by atoms with Gasteiger partial charge in [0.1, 0.15) is 0 Å². The van der Waals surface area contributed by atoms with Gasteiger partial charge < -0.3 is 10.6 Å². The van der Waals surface area contributed by atoms with Gasteiger partial charge in [-0.1, -0.05) is 24.1 Å². The van der Waals surface area contributed by atoms with Crippen LogP contribution >= 0.6 is 0 Å². The molecule has 1 aromatic heterocycles. The zero-order chi connectivity index (χ0) is 21.3. The fourth-order valence-corrected chi connectivity index (χ4v) is 4.22. The molecule has 7 heteroatoms. The van der Waals surface area contributed by atoms with Crippen LogP contribution in [0.1, 0.15) is 25.0 Å². The summed E-state index contributed by atoms with van der Waals surface area (Å²) >= 11 is 0. The van der Waals surface area contributed by atoms with Gasteiger partial charge in [0.15, 0.2) is 0 Å². The van der Waals surface area contributed by atoms with E-state index in [1.807, 2.05) is 49.3 Å². The summed E-state index contributed by atoms with van der Waals surface area (Å²) in [6.45, 7) is 3.22. The highest BCUT2D eigenvalue weighted by atomic mass is 32.2. The molecule has 0 atom stereocenters. The Hall–Kier alpha value is -3.24. The number of nitrogens with zero attached hydrogens (tertiary/aromatic N) is 3. The lowest BCUT2D eigenvalue weighted by Gasteiger charge is -2.14. The van der Waals surface area contributed by atoms with Gasteiger partial charge in [-0.2, -0.15) is 0 Å². The van der Waals surface area contributed by atoms with E-state index >= 15 is 0 Å². The Morgan fingerprint density at radius 3 is 2.34 bits per heavy atom. The lowest BCUT2D eigenvalue weighted by atomic mass is 9.97. The summed E-state index contributed by atoms with van der Waals surface area (Å²) in [6, 6.07) is 13.4. The number of hydrogen-bond donors (Lipinski definition) is 1. The molecule has 0 aliphatic carbocycles. The number of imidazole rings is 1. The topological polar surface area (TPSA) is 81.2 Å². The highest BCUT2D eigenvalue weighted by Crippen LogP contribution is 2.30. The second-order valence-electron chi connectivity index (χ2n) is 7.20. The van der Waals surface area contributed by atoms with E-state index in [-0.39, 0.29) is 5.95 Å². The smallest absolute Gasteiger partial charge is 0.244 e. The van der Waals surface area contributed by atoms with E-state index in [4.69, 9.17) is 12.2 Å². The van der Waals surface area contributed by atoms with Crippen molar-refractivity contribution in [1.82, 2.24) is 8.96 Å². The van der Waals surface area contributed by atoms with Gasteiger partial charge in [0.2, 0.25) is 16.0 Å². The lowest BCUT2D eigenvalue weighted by molar-refractivity contribution is 0.580. The molecule has 0 saturated carbocycles. The van der Waals surface area contributed by atoms with Gasteiger partial charge in [0.25, 0.3) is 0 Å². The molecule has 0 bridgehead atoms. The molecular weight excluding hydrogens is 384 g/mol. The van der Waals surface area contributed by atoms with Crippen molar-refractivity contribution >= 4 is 38.3 Å². The number of nitrogens with two attached hydrogens (primary N) is 1. The van der Waals surface area contributed by atoms with E-state index in [9.17, 15) is 8.42 Å². The Kier molecular flexibility index (Phi) is 5.40. The second-order valence-corrected chi connectivity index (χ2v) is 9.54. The Balaban J connectivity index is 2.20. The monoisotopic (exact) mass is 408 g/mol. The van der Waals surface area contributed by atoms with Crippen LogP contribution in [0.4, 0.5) is 11.6 Å². The van der Waals surface area contributed by atoms with E-state index in [1.54, 1.807) is 32.1 Å². The molecule has 29 heavy (non-hydrogen) atoms. The SMILES string of the molecule is C#C/C=C(\c1ccc(N(C)C)cc1)c1ccc2nc(N)n(S(=O)(=O)C(C)C)c2c1. The highest BCUT2D eigenvalue weighted by molar-refractivity contribution is 7.90. The van der Waals surface area contributed by atoms with Crippen molar-refractivity contribution in [2.24, 2.45) is 0 Å². The molecule has 3 aromatic rings. The third kappa shape index (κ3) is 3.71. The Morgan fingerprint density at radius 1 is 1.17 bits per heavy atom. The number of fused-ring (bicyclic) bond motifs is 1. The van der Waals surface area contributed by atoms with E-state index in [0.717, 1.165) is 26.4 Å². The molecule has 0 unspecified atom stereocenters. The summed E-state index contributed by atoms with van der Waals surface area (Å²) in [7, 11) is 0.287.